The van der Waals surface area contributed by atoms with Crippen molar-refractivity contribution in [3.05, 3.63) is 69.1 Å². The zero-order chi connectivity index (χ0) is 21.0. The third kappa shape index (κ3) is 3.43. The van der Waals surface area contributed by atoms with Gasteiger partial charge in [0.1, 0.15) is 11.2 Å². The summed E-state index contributed by atoms with van der Waals surface area (Å²) in [4.78, 5) is 15.3. The molecule has 166 valence electrons. The SMILES string of the molecule is Cl.O=c1cc(C2CCNCC2)n2ncc(-c3nnc(C4(c5ccc(Cl)cc5)CC4)o3)c2[nH]1. The minimum atomic E-state index is -0.257. The predicted octanol–water partition coefficient (Wildman–Crippen LogP) is 3.69. The summed E-state index contributed by atoms with van der Waals surface area (Å²) >= 11 is 6.04. The van der Waals surface area contributed by atoms with Crippen molar-refractivity contribution in [2.24, 2.45) is 0 Å². The van der Waals surface area contributed by atoms with Crippen LogP contribution in [0.3, 0.4) is 0 Å². The molecule has 4 heterocycles. The van der Waals surface area contributed by atoms with Crippen LogP contribution < -0.4 is 10.9 Å². The number of nitrogens with one attached hydrogen (secondary N) is 2. The number of rotatable bonds is 4. The number of H-pyrrole nitrogens is 1. The molecule has 2 N–H and O–H groups in total. The summed E-state index contributed by atoms with van der Waals surface area (Å²) in [6.07, 6.45) is 5.53. The topological polar surface area (TPSA) is 101 Å². The third-order valence-electron chi connectivity index (χ3n) is 6.50. The third-order valence-corrected chi connectivity index (χ3v) is 6.76. The first kappa shape index (κ1) is 21.2. The molecule has 0 spiro atoms. The van der Waals surface area contributed by atoms with E-state index in [1.165, 1.54) is 0 Å². The molecule has 2 fully saturated rings. The van der Waals surface area contributed by atoms with E-state index in [1.54, 1.807) is 12.3 Å². The molecule has 1 aromatic carbocycles. The highest BCUT2D eigenvalue weighted by atomic mass is 35.5. The Morgan fingerprint density at radius 3 is 2.59 bits per heavy atom. The number of aromatic amines is 1. The van der Waals surface area contributed by atoms with Crippen molar-refractivity contribution >= 4 is 29.7 Å². The van der Waals surface area contributed by atoms with E-state index < -0.39 is 0 Å². The number of hydrogen-bond acceptors (Lipinski definition) is 6. The van der Waals surface area contributed by atoms with Gasteiger partial charge in [0.2, 0.25) is 5.89 Å². The molecule has 1 aliphatic carbocycles. The van der Waals surface area contributed by atoms with Gasteiger partial charge in [-0.05, 0) is 56.5 Å². The molecule has 3 aromatic heterocycles. The maximum Gasteiger partial charge on any atom is 0.253 e. The normalized spacial score (nSPS) is 17.9. The van der Waals surface area contributed by atoms with Gasteiger partial charge in [-0.1, -0.05) is 23.7 Å². The summed E-state index contributed by atoms with van der Waals surface area (Å²) in [6, 6.07) is 9.44. The molecule has 10 heteroatoms. The van der Waals surface area contributed by atoms with Gasteiger partial charge in [0.25, 0.3) is 11.4 Å². The number of halogens is 2. The van der Waals surface area contributed by atoms with Crippen LogP contribution >= 0.6 is 24.0 Å². The minimum Gasteiger partial charge on any atom is -0.420 e. The molecular formula is C22H22Cl2N6O2. The highest BCUT2D eigenvalue weighted by molar-refractivity contribution is 6.30. The highest BCUT2D eigenvalue weighted by Crippen LogP contribution is 2.53. The fourth-order valence-corrected chi connectivity index (χ4v) is 4.75. The Bertz CT molecular complexity index is 1320. The van der Waals surface area contributed by atoms with Crippen molar-refractivity contribution < 1.29 is 4.42 Å². The van der Waals surface area contributed by atoms with Gasteiger partial charge in [-0.3, -0.25) is 4.79 Å². The predicted molar refractivity (Wildman–Crippen MR) is 123 cm³/mol. The molecule has 8 nitrogen and oxygen atoms in total. The number of piperidine rings is 1. The second kappa shape index (κ2) is 8.03. The van der Waals surface area contributed by atoms with E-state index in [9.17, 15) is 4.79 Å². The van der Waals surface area contributed by atoms with Crippen LogP contribution in [0.2, 0.25) is 5.02 Å². The number of benzene rings is 1. The second-order valence-corrected chi connectivity index (χ2v) is 8.84. The lowest BCUT2D eigenvalue weighted by atomic mass is 9.94. The summed E-state index contributed by atoms with van der Waals surface area (Å²) in [7, 11) is 0. The summed E-state index contributed by atoms with van der Waals surface area (Å²) in [5, 5.41) is 17.3. The van der Waals surface area contributed by atoms with Gasteiger partial charge in [0, 0.05) is 17.0 Å². The van der Waals surface area contributed by atoms with Gasteiger partial charge in [0.05, 0.1) is 17.3 Å². The van der Waals surface area contributed by atoms with E-state index in [2.05, 4.69) is 25.6 Å². The van der Waals surface area contributed by atoms with Crippen LogP contribution in [-0.2, 0) is 5.41 Å². The monoisotopic (exact) mass is 472 g/mol. The molecule has 0 atom stereocenters. The zero-order valence-electron chi connectivity index (χ0n) is 17.2. The van der Waals surface area contributed by atoms with Crippen molar-refractivity contribution in [1.82, 2.24) is 30.1 Å². The summed E-state index contributed by atoms with van der Waals surface area (Å²) in [5.41, 5.74) is 2.86. The van der Waals surface area contributed by atoms with Gasteiger partial charge < -0.3 is 14.7 Å². The number of hydrogen-bond donors (Lipinski definition) is 2. The largest absolute Gasteiger partial charge is 0.420 e. The molecule has 0 radical (unpaired) electrons. The number of fused-ring (bicyclic) bond motifs is 1. The van der Waals surface area contributed by atoms with Crippen molar-refractivity contribution in [2.75, 3.05) is 13.1 Å². The average Bonchev–Trinajstić information content (AvgIpc) is 3.25. The van der Waals surface area contributed by atoms with E-state index in [0.717, 1.165) is 50.0 Å². The van der Waals surface area contributed by atoms with Crippen molar-refractivity contribution in [2.45, 2.75) is 37.0 Å². The smallest absolute Gasteiger partial charge is 0.253 e. The summed E-state index contributed by atoms with van der Waals surface area (Å²) < 4.78 is 7.94. The quantitative estimate of drug-likeness (QED) is 0.469. The fraction of sp³-hybridized carbons (Fsp3) is 0.364. The Morgan fingerprint density at radius 2 is 1.88 bits per heavy atom. The first-order valence-corrected chi connectivity index (χ1v) is 10.9. The number of aromatic nitrogens is 5. The second-order valence-electron chi connectivity index (χ2n) is 8.40. The molecule has 0 unspecified atom stereocenters. The van der Waals surface area contributed by atoms with Crippen LogP contribution in [0.4, 0.5) is 0 Å². The van der Waals surface area contributed by atoms with Crippen LogP contribution in [0, 0.1) is 0 Å². The Hall–Kier alpha value is -2.68. The molecule has 1 saturated carbocycles. The molecule has 1 aliphatic heterocycles. The Balaban J connectivity index is 0.00000216. The van der Waals surface area contributed by atoms with E-state index in [0.29, 0.717) is 28.0 Å². The summed E-state index contributed by atoms with van der Waals surface area (Å²) in [6.45, 7) is 1.87. The maximum atomic E-state index is 12.4. The van der Waals surface area contributed by atoms with Crippen LogP contribution in [-0.4, -0.2) is 37.9 Å². The highest BCUT2D eigenvalue weighted by Gasteiger charge is 2.50. The van der Waals surface area contributed by atoms with Crippen LogP contribution in [0.1, 0.15) is 48.7 Å². The molecule has 0 bridgehead atoms. The Labute approximate surface area is 194 Å². The fourth-order valence-electron chi connectivity index (χ4n) is 4.62. The van der Waals surface area contributed by atoms with Gasteiger partial charge in [-0.15, -0.1) is 22.6 Å². The lowest BCUT2D eigenvalue weighted by Gasteiger charge is -2.23. The van der Waals surface area contributed by atoms with E-state index >= 15 is 0 Å². The molecule has 2 aliphatic rings. The van der Waals surface area contributed by atoms with Crippen LogP contribution in [0.15, 0.2) is 45.7 Å². The maximum absolute atomic E-state index is 12.4. The van der Waals surface area contributed by atoms with E-state index in [4.69, 9.17) is 16.0 Å². The van der Waals surface area contributed by atoms with Gasteiger partial charge in [-0.2, -0.15) is 5.10 Å². The molecule has 32 heavy (non-hydrogen) atoms. The van der Waals surface area contributed by atoms with Crippen molar-refractivity contribution in [3.63, 3.8) is 0 Å². The van der Waals surface area contributed by atoms with E-state index in [-0.39, 0.29) is 29.3 Å². The molecule has 6 rings (SSSR count). The van der Waals surface area contributed by atoms with Crippen LogP contribution in [0.5, 0.6) is 0 Å². The lowest BCUT2D eigenvalue weighted by molar-refractivity contribution is 0.446. The first-order valence-electron chi connectivity index (χ1n) is 10.6. The summed E-state index contributed by atoms with van der Waals surface area (Å²) in [5.74, 6) is 1.24. The molecule has 4 aromatic rings. The zero-order valence-corrected chi connectivity index (χ0v) is 18.7. The van der Waals surface area contributed by atoms with Crippen molar-refractivity contribution in [1.29, 1.82) is 0 Å². The van der Waals surface area contributed by atoms with E-state index in [1.807, 2.05) is 28.8 Å². The van der Waals surface area contributed by atoms with Gasteiger partial charge in [-0.25, -0.2) is 4.52 Å². The van der Waals surface area contributed by atoms with Gasteiger partial charge >= 0.3 is 0 Å². The van der Waals surface area contributed by atoms with Gasteiger partial charge in [0.15, 0.2) is 0 Å². The number of nitrogens with zero attached hydrogens (tertiary/aromatic N) is 4. The van der Waals surface area contributed by atoms with Crippen LogP contribution in [0.25, 0.3) is 17.1 Å². The Morgan fingerprint density at radius 1 is 1.12 bits per heavy atom. The standard InChI is InChI=1S/C22H21ClN6O2.ClH/c23-15-3-1-14(2-4-15)22(7-8-22)21-28-27-20(31-21)16-12-25-29-17(11-18(30)26-19(16)29)13-5-9-24-10-6-13;/h1-4,11-13,24H,5-10H2,(H,26,30);1H. The lowest BCUT2D eigenvalue weighted by Crippen LogP contribution is -2.28. The molecular weight excluding hydrogens is 451 g/mol. The average molecular weight is 473 g/mol. The van der Waals surface area contributed by atoms with Crippen molar-refractivity contribution in [3.8, 4) is 11.5 Å². The Kier molecular flexibility index (Phi) is 5.31. The molecule has 0 amide bonds. The first-order chi connectivity index (χ1) is 15.1. The minimum absolute atomic E-state index is 0. The molecule has 1 saturated heterocycles.